The van der Waals surface area contributed by atoms with Gasteiger partial charge in [-0.2, -0.15) is 0 Å². The Kier molecular flexibility index (Phi) is 6.75. The highest BCUT2D eigenvalue weighted by molar-refractivity contribution is 6.48. The van der Waals surface area contributed by atoms with Crippen LogP contribution >= 0.6 is 34.8 Å². The molecule has 18 heavy (non-hydrogen) atoms. The molecule has 0 fully saturated rings. The Morgan fingerprint density at radius 1 is 1.11 bits per heavy atom. The molecular formula is C13H18Cl3NO. The van der Waals surface area contributed by atoms with E-state index >= 15 is 0 Å². The lowest BCUT2D eigenvalue weighted by molar-refractivity contribution is 0.0796. The van der Waals surface area contributed by atoms with Crippen LogP contribution in [0.1, 0.15) is 32.4 Å². The summed E-state index contributed by atoms with van der Waals surface area (Å²) in [5.41, 5.74) is 0.940. The third-order valence-electron chi connectivity index (χ3n) is 2.54. The van der Waals surface area contributed by atoms with Gasteiger partial charge in [-0.25, -0.2) is 0 Å². The molecule has 1 atom stereocenters. The van der Waals surface area contributed by atoms with E-state index in [-0.39, 0.29) is 12.1 Å². The van der Waals surface area contributed by atoms with E-state index in [1.54, 1.807) is 6.07 Å². The number of hydrogen-bond donors (Lipinski definition) is 1. The summed E-state index contributed by atoms with van der Waals surface area (Å²) >= 11 is 18.1. The number of benzene rings is 1. The Morgan fingerprint density at radius 2 is 1.78 bits per heavy atom. The Morgan fingerprint density at radius 3 is 2.39 bits per heavy atom. The number of nitrogens with one attached hydrogen (secondary N) is 1. The topological polar surface area (TPSA) is 21.3 Å². The second kappa shape index (κ2) is 7.56. The first-order valence-corrected chi connectivity index (χ1v) is 7.05. The summed E-state index contributed by atoms with van der Waals surface area (Å²) in [4.78, 5) is 0. The van der Waals surface area contributed by atoms with Crippen LogP contribution in [-0.2, 0) is 4.74 Å². The molecule has 0 aliphatic carbocycles. The zero-order valence-corrected chi connectivity index (χ0v) is 13.0. The molecule has 0 spiro atoms. The fraction of sp³-hybridized carbons (Fsp3) is 0.538. The first-order valence-electron chi connectivity index (χ1n) is 5.91. The molecule has 0 saturated heterocycles. The molecule has 0 radical (unpaired) electrons. The van der Waals surface area contributed by atoms with Gasteiger partial charge in [0, 0.05) is 12.6 Å². The molecule has 1 N–H and O–H groups in total. The van der Waals surface area contributed by atoms with Crippen molar-refractivity contribution in [3.8, 4) is 0 Å². The minimum Gasteiger partial charge on any atom is -0.377 e. The van der Waals surface area contributed by atoms with Crippen LogP contribution in [-0.4, -0.2) is 19.3 Å². The summed E-state index contributed by atoms with van der Waals surface area (Å²) in [6.07, 6.45) is 0.246. The smallest absolute Gasteiger partial charge is 0.0781 e. The standard InChI is InChI=1S/C13H18Cl3NO/c1-8(2)18-7-6-17-9(3)10-4-5-11(14)13(16)12(10)15/h4-5,8-9,17H,6-7H2,1-3H3. The van der Waals surface area contributed by atoms with Gasteiger partial charge in [0.25, 0.3) is 0 Å². The van der Waals surface area contributed by atoms with Gasteiger partial charge < -0.3 is 10.1 Å². The van der Waals surface area contributed by atoms with E-state index in [1.807, 2.05) is 26.8 Å². The van der Waals surface area contributed by atoms with Crippen LogP contribution in [0.5, 0.6) is 0 Å². The molecule has 1 aromatic carbocycles. The monoisotopic (exact) mass is 309 g/mol. The van der Waals surface area contributed by atoms with Gasteiger partial charge in [0.1, 0.15) is 0 Å². The minimum atomic E-state index is 0.100. The number of halogens is 3. The van der Waals surface area contributed by atoms with E-state index in [1.165, 1.54) is 0 Å². The van der Waals surface area contributed by atoms with Crippen LogP contribution in [0.15, 0.2) is 12.1 Å². The SMILES string of the molecule is CC(C)OCCNC(C)c1ccc(Cl)c(Cl)c1Cl. The predicted octanol–water partition coefficient (Wildman–Crippen LogP) is 4.72. The number of hydrogen-bond acceptors (Lipinski definition) is 2. The first-order chi connectivity index (χ1) is 8.43. The summed E-state index contributed by atoms with van der Waals surface area (Å²) in [6, 6.07) is 3.74. The molecule has 0 bridgehead atoms. The molecule has 5 heteroatoms. The van der Waals surface area contributed by atoms with Crippen molar-refractivity contribution >= 4 is 34.8 Å². The Bertz CT molecular complexity index is 396. The quantitative estimate of drug-likeness (QED) is 0.606. The van der Waals surface area contributed by atoms with Gasteiger partial charge in [-0.15, -0.1) is 0 Å². The second-order valence-electron chi connectivity index (χ2n) is 4.36. The van der Waals surface area contributed by atoms with Crippen LogP contribution in [0.4, 0.5) is 0 Å². The van der Waals surface area contributed by atoms with E-state index < -0.39 is 0 Å². The van der Waals surface area contributed by atoms with E-state index in [0.29, 0.717) is 21.7 Å². The molecule has 0 aromatic heterocycles. The fourth-order valence-electron chi connectivity index (χ4n) is 1.56. The van der Waals surface area contributed by atoms with Crippen LogP contribution in [0.3, 0.4) is 0 Å². The van der Waals surface area contributed by atoms with Crippen molar-refractivity contribution in [1.29, 1.82) is 0 Å². The maximum atomic E-state index is 6.17. The Balaban J connectivity index is 2.57. The van der Waals surface area contributed by atoms with E-state index in [9.17, 15) is 0 Å². The molecule has 102 valence electrons. The van der Waals surface area contributed by atoms with E-state index in [4.69, 9.17) is 39.5 Å². The third-order valence-corrected chi connectivity index (χ3v) is 3.84. The van der Waals surface area contributed by atoms with Crippen LogP contribution < -0.4 is 5.32 Å². The zero-order chi connectivity index (χ0) is 13.7. The van der Waals surface area contributed by atoms with Crippen molar-refractivity contribution in [1.82, 2.24) is 5.32 Å². The lowest BCUT2D eigenvalue weighted by Gasteiger charge is -2.17. The molecule has 0 saturated carbocycles. The van der Waals surface area contributed by atoms with Crippen LogP contribution in [0.25, 0.3) is 0 Å². The van der Waals surface area contributed by atoms with Crippen LogP contribution in [0.2, 0.25) is 15.1 Å². The van der Waals surface area contributed by atoms with Gasteiger partial charge in [0.05, 0.1) is 27.8 Å². The van der Waals surface area contributed by atoms with Gasteiger partial charge in [0.2, 0.25) is 0 Å². The van der Waals surface area contributed by atoms with Crippen molar-refractivity contribution < 1.29 is 4.74 Å². The average molecular weight is 311 g/mol. The Hall–Kier alpha value is 0.01000. The molecular weight excluding hydrogens is 293 g/mol. The summed E-state index contributed by atoms with van der Waals surface area (Å²) in [6.45, 7) is 7.48. The third kappa shape index (κ3) is 4.60. The highest BCUT2D eigenvalue weighted by Gasteiger charge is 2.13. The zero-order valence-electron chi connectivity index (χ0n) is 10.8. The maximum absolute atomic E-state index is 6.17. The maximum Gasteiger partial charge on any atom is 0.0781 e. The molecule has 0 aliphatic rings. The molecule has 1 rings (SSSR count). The second-order valence-corrected chi connectivity index (χ2v) is 5.52. The van der Waals surface area contributed by atoms with Gasteiger partial charge in [-0.1, -0.05) is 40.9 Å². The largest absolute Gasteiger partial charge is 0.377 e. The molecule has 0 heterocycles. The highest BCUT2D eigenvalue weighted by Crippen LogP contribution is 2.35. The lowest BCUT2D eigenvalue weighted by atomic mass is 10.1. The summed E-state index contributed by atoms with van der Waals surface area (Å²) in [5, 5.41) is 4.72. The lowest BCUT2D eigenvalue weighted by Crippen LogP contribution is -2.24. The molecule has 1 aromatic rings. The van der Waals surface area contributed by atoms with E-state index in [0.717, 1.165) is 12.1 Å². The van der Waals surface area contributed by atoms with Crippen molar-refractivity contribution in [3.63, 3.8) is 0 Å². The van der Waals surface area contributed by atoms with Gasteiger partial charge in [0.15, 0.2) is 0 Å². The van der Waals surface area contributed by atoms with Crippen molar-refractivity contribution in [3.05, 3.63) is 32.8 Å². The van der Waals surface area contributed by atoms with Gasteiger partial charge >= 0.3 is 0 Å². The first kappa shape index (κ1) is 16.1. The molecule has 2 nitrogen and oxygen atoms in total. The highest BCUT2D eigenvalue weighted by atomic mass is 35.5. The van der Waals surface area contributed by atoms with Crippen molar-refractivity contribution in [2.24, 2.45) is 0 Å². The van der Waals surface area contributed by atoms with E-state index in [2.05, 4.69) is 5.32 Å². The van der Waals surface area contributed by atoms with Crippen LogP contribution in [0, 0.1) is 0 Å². The minimum absolute atomic E-state index is 0.100. The fourth-order valence-corrected chi connectivity index (χ4v) is 2.26. The molecule has 1 unspecified atom stereocenters. The predicted molar refractivity (Wildman–Crippen MR) is 79.0 cm³/mol. The normalized spacial score (nSPS) is 13.1. The van der Waals surface area contributed by atoms with Crippen molar-refractivity contribution in [2.45, 2.75) is 32.9 Å². The van der Waals surface area contributed by atoms with Gasteiger partial charge in [-0.05, 0) is 32.4 Å². The summed E-state index contributed by atoms with van der Waals surface area (Å²) in [5.74, 6) is 0. The number of ether oxygens (including phenoxy) is 1. The molecule has 0 amide bonds. The van der Waals surface area contributed by atoms with Crippen molar-refractivity contribution in [2.75, 3.05) is 13.2 Å². The summed E-state index contributed by atoms with van der Waals surface area (Å²) in [7, 11) is 0. The van der Waals surface area contributed by atoms with Gasteiger partial charge in [-0.3, -0.25) is 0 Å². The molecule has 0 aliphatic heterocycles. The number of rotatable bonds is 6. The summed E-state index contributed by atoms with van der Waals surface area (Å²) < 4.78 is 5.46. The average Bonchev–Trinajstić information content (AvgIpc) is 2.31. The Labute approximate surface area is 124 Å².